The first-order chi connectivity index (χ1) is 7.72. The number of aromatic nitrogens is 3. The third-order valence-corrected chi connectivity index (χ3v) is 3.14. The average Bonchev–Trinajstić information content (AvgIpc) is 2.33. The Morgan fingerprint density at radius 1 is 1.19 bits per heavy atom. The van der Waals surface area contributed by atoms with Crippen LogP contribution in [0.15, 0.2) is 29.0 Å². The Bertz CT molecular complexity index is 499. The lowest BCUT2D eigenvalue weighted by Crippen LogP contribution is -2.00. The van der Waals surface area contributed by atoms with E-state index in [-0.39, 0.29) is 0 Å². The summed E-state index contributed by atoms with van der Waals surface area (Å²) in [6, 6.07) is 3.78. The molecule has 0 aliphatic heterocycles. The van der Waals surface area contributed by atoms with Gasteiger partial charge in [0.1, 0.15) is 5.82 Å². The van der Waals surface area contributed by atoms with Crippen LogP contribution in [0.1, 0.15) is 5.69 Å². The first-order valence-corrected chi connectivity index (χ1v) is 5.64. The van der Waals surface area contributed by atoms with Gasteiger partial charge in [-0.15, -0.1) is 0 Å². The van der Waals surface area contributed by atoms with Gasteiger partial charge in [-0.1, -0.05) is 0 Å². The number of nitrogens with zero attached hydrogens (tertiary/aromatic N) is 3. The van der Waals surface area contributed by atoms with Crippen molar-refractivity contribution in [3.8, 4) is 11.4 Å². The van der Waals surface area contributed by atoms with E-state index in [1.807, 2.05) is 26.1 Å². The standard InChI is InChI=1S/C11H11BrN4/c1-7-9(12)11(13-2)16-10(15-7)8-3-5-14-6-4-8/h3-6H,1-2H3,(H,13,15,16). The van der Waals surface area contributed by atoms with Crippen LogP contribution in [0.5, 0.6) is 0 Å². The highest BCUT2D eigenvalue weighted by molar-refractivity contribution is 9.10. The van der Waals surface area contributed by atoms with Crippen molar-refractivity contribution in [2.75, 3.05) is 12.4 Å². The van der Waals surface area contributed by atoms with Crippen LogP contribution in [-0.2, 0) is 0 Å². The van der Waals surface area contributed by atoms with Gasteiger partial charge in [-0.3, -0.25) is 4.98 Å². The number of hydrogen-bond donors (Lipinski definition) is 1. The summed E-state index contributed by atoms with van der Waals surface area (Å²) in [7, 11) is 1.84. The maximum atomic E-state index is 4.43. The molecule has 5 heteroatoms. The van der Waals surface area contributed by atoms with Crippen LogP contribution in [0.25, 0.3) is 11.4 Å². The molecule has 2 rings (SSSR count). The van der Waals surface area contributed by atoms with Gasteiger partial charge in [-0.2, -0.15) is 0 Å². The molecule has 4 nitrogen and oxygen atoms in total. The number of rotatable bonds is 2. The van der Waals surface area contributed by atoms with Gasteiger partial charge in [0.05, 0.1) is 10.2 Å². The Labute approximate surface area is 102 Å². The number of nitrogens with one attached hydrogen (secondary N) is 1. The van der Waals surface area contributed by atoms with Crippen molar-refractivity contribution in [3.63, 3.8) is 0 Å². The van der Waals surface area contributed by atoms with Crippen molar-refractivity contribution in [2.24, 2.45) is 0 Å². The average molecular weight is 279 g/mol. The second-order valence-electron chi connectivity index (χ2n) is 3.28. The summed E-state index contributed by atoms with van der Waals surface area (Å²) in [5.74, 6) is 1.49. The Hall–Kier alpha value is -1.49. The lowest BCUT2D eigenvalue weighted by Gasteiger charge is -2.08. The molecule has 0 amide bonds. The molecule has 0 unspecified atom stereocenters. The van der Waals surface area contributed by atoms with Crippen molar-refractivity contribution in [1.82, 2.24) is 15.0 Å². The maximum Gasteiger partial charge on any atom is 0.161 e. The minimum atomic E-state index is 0.701. The molecule has 0 radical (unpaired) electrons. The minimum Gasteiger partial charge on any atom is -0.372 e. The highest BCUT2D eigenvalue weighted by Crippen LogP contribution is 2.25. The van der Waals surface area contributed by atoms with Gasteiger partial charge in [0.25, 0.3) is 0 Å². The molecular formula is C11H11BrN4. The second-order valence-corrected chi connectivity index (χ2v) is 4.07. The molecule has 2 aromatic heterocycles. The van der Waals surface area contributed by atoms with Crippen LogP contribution >= 0.6 is 15.9 Å². The molecule has 0 saturated carbocycles. The minimum absolute atomic E-state index is 0.701. The molecule has 1 N–H and O–H groups in total. The molecular weight excluding hydrogens is 268 g/mol. The van der Waals surface area contributed by atoms with Crippen LogP contribution in [0.3, 0.4) is 0 Å². The van der Waals surface area contributed by atoms with Gasteiger partial charge in [0.15, 0.2) is 5.82 Å². The zero-order valence-corrected chi connectivity index (χ0v) is 10.6. The Morgan fingerprint density at radius 2 is 1.88 bits per heavy atom. The first-order valence-electron chi connectivity index (χ1n) is 4.84. The predicted molar refractivity (Wildman–Crippen MR) is 67.2 cm³/mol. The van der Waals surface area contributed by atoms with Gasteiger partial charge in [-0.25, -0.2) is 9.97 Å². The molecule has 2 aromatic rings. The smallest absolute Gasteiger partial charge is 0.161 e. The fourth-order valence-electron chi connectivity index (χ4n) is 1.35. The van der Waals surface area contributed by atoms with Crippen molar-refractivity contribution in [1.29, 1.82) is 0 Å². The van der Waals surface area contributed by atoms with E-state index < -0.39 is 0 Å². The zero-order valence-electron chi connectivity index (χ0n) is 9.03. The number of halogens is 1. The van der Waals surface area contributed by atoms with Crippen molar-refractivity contribution in [2.45, 2.75) is 6.92 Å². The highest BCUT2D eigenvalue weighted by Gasteiger charge is 2.09. The van der Waals surface area contributed by atoms with Crippen molar-refractivity contribution in [3.05, 3.63) is 34.7 Å². The maximum absolute atomic E-state index is 4.43. The molecule has 0 bridgehead atoms. The van der Waals surface area contributed by atoms with E-state index in [2.05, 4.69) is 36.2 Å². The molecule has 2 heterocycles. The molecule has 0 spiro atoms. The van der Waals surface area contributed by atoms with Gasteiger partial charge in [0.2, 0.25) is 0 Å². The molecule has 0 saturated heterocycles. The van der Waals surface area contributed by atoms with E-state index >= 15 is 0 Å². The fraction of sp³-hybridized carbons (Fsp3) is 0.182. The third kappa shape index (κ3) is 2.04. The van der Waals surface area contributed by atoms with Gasteiger partial charge >= 0.3 is 0 Å². The SMILES string of the molecule is CNc1nc(-c2ccncc2)nc(C)c1Br. The monoisotopic (exact) mass is 278 g/mol. The fourth-order valence-corrected chi connectivity index (χ4v) is 1.73. The van der Waals surface area contributed by atoms with E-state index in [0.29, 0.717) is 5.82 Å². The lowest BCUT2D eigenvalue weighted by atomic mass is 10.2. The molecule has 0 aliphatic carbocycles. The van der Waals surface area contributed by atoms with Gasteiger partial charge in [-0.05, 0) is 35.0 Å². The Morgan fingerprint density at radius 3 is 2.50 bits per heavy atom. The number of aryl methyl sites for hydroxylation is 1. The number of hydrogen-bond acceptors (Lipinski definition) is 4. The summed E-state index contributed by atoms with van der Waals surface area (Å²) in [6.45, 7) is 1.94. The van der Waals surface area contributed by atoms with Gasteiger partial charge < -0.3 is 5.32 Å². The van der Waals surface area contributed by atoms with E-state index in [1.165, 1.54) is 0 Å². The van der Waals surface area contributed by atoms with Crippen molar-refractivity contribution >= 4 is 21.7 Å². The molecule has 0 aliphatic rings. The molecule has 0 fully saturated rings. The van der Waals surface area contributed by atoms with E-state index in [0.717, 1.165) is 21.5 Å². The molecule has 16 heavy (non-hydrogen) atoms. The summed E-state index contributed by atoms with van der Waals surface area (Å²) < 4.78 is 0.896. The number of pyridine rings is 1. The van der Waals surface area contributed by atoms with E-state index in [4.69, 9.17) is 0 Å². The number of anilines is 1. The predicted octanol–water partition coefficient (Wildman–Crippen LogP) is 2.65. The van der Waals surface area contributed by atoms with Crippen LogP contribution in [-0.4, -0.2) is 22.0 Å². The highest BCUT2D eigenvalue weighted by atomic mass is 79.9. The van der Waals surface area contributed by atoms with Crippen LogP contribution < -0.4 is 5.32 Å². The zero-order chi connectivity index (χ0) is 11.5. The summed E-state index contributed by atoms with van der Waals surface area (Å²) in [6.07, 6.45) is 3.46. The summed E-state index contributed by atoms with van der Waals surface area (Å²) >= 11 is 3.45. The van der Waals surface area contributed by atoms with Crippen LogP contribution in [0.2, 0.25) is 0 Å². The summed E-state index contributed by atoms with van der Waals surface area (Å²) in [5.41, 5.74) is 1.87. The van der Waals surface area contributed by atoms with Crippen molar-refractivity contribution < 1.29 is 0 Å². The third-order valence-electron chi connectivity index (χ3n) is 2.19. The van der Waals surface area contributed by atoms with Gasteiger partial charge in [0, 0.05) is 25.0 Å². The van der Waals surface area contributed by atoms with E-state index in [1.54, 1.807) is 12.4 Å². The summed E-state index contributed by atoms with van der Waals surface area (Å²) in [5, 5.41) is 3.03. The van der Waals surface area contributed by atoms with Crippen LogP contribution in [0.4, 0.5) is 5.82 Å². The molecule has 0 aromatic carbocycles. The molecule has 0 atom stereocenters. The molecule has 82 valence electrons. The normalized spacial score (nSPS) is 10.2. The quantitative estimate of drug-likeness (QED) is 0.918. The Balaban J connectivity index is 2.55. The van der Waals surface area contributed by atoms with Crippen LogP contribution in [0, 0.1) is 6.92 Å². The first kappa shape index (κ1) is 11.0. The topological polar surface area (TPSA) is 50.7 Å². The van der Waals surface area contributed by atoms with E-state index in [9.17, 15) is 0 Å². The Kier molecular flexibility index (Phi) is 3.14. The second kappa shape index (κ2) is 4.57. The lowest BCUT2D eigenvalue weighted by molar-refractivity contribution is 1.09. The summed E-state index contributed by atoms with van der Waals surface area (Å²) in [4.78, 5) is 12.8. The largest absolute Gasteiger partial charge is 0.372 e.